The van der Waals surface area contributed by atoms with Crippen molar-refractivity contribution in [1.82, 2.24) is 19.7 Å². The Kier molecular flexibility index (Phi) is 2.07. The molecule has 0 spiro atoms. The van der Waals surface area contributed by atoms with Crippen molar-refractivity contribution in [3.63, 3.8) is 0 Å². The second-order valence-electron chi connectivity index (χ2n) is 3.61. The highest BCUT2D eigenvalue weighted by molar-refractivity contribution is 5.86. The van der Waals surface area contributed by atoms with Gasteiger partial charge < -0.3 is 10.2 Å². The topological polar surface area (TPSA) is 82.8 Å². The van der Waals surface area contributed by atoms with Gasteiger partial charge in [-0.15, -0.1) is 0 Å². The van der Waals surface area contributed by atoms with Gasteiger partial charge >= 0.3 is 0 Å². The molecule has 86 valence electrons. The van der Waals surface area contributed by atoms with E-state index in [1.54, 1.807) is 29.3 Å². The van der Waals surface area contributed by atoms with Crippen LogP contribution in [0.4, 0.5) is 5.82 Å². The van der Waals surface area contributed by atoms with E-state index in [0.29, 0.717) is 17.4 Å². The molecule has 0 unspecified atom stereocenters. The van der Waals surface area contributed by atoms with Crippen LogP contribution < -0.4 is 5.73 Å². The molecule has 0 aromatic carbocycles. The second kappa shape index (κ2) is 3.58. The maximum Gasteiger partial charge on any atom is 0.199 e. The number of anilines is 1. The number of furan rings is 1. The van der Waals surface area contributed by atoms with Crippen molar-refractivity contribution in [1.29, 1.82) is 0 Å². The molecule has 0 aliphatic heterocycles. The number of nitrogen functional groups attached to an aromatic ring is 1. The van der Waals surface area contributed by atoms with Crippen molar-refractivity contribution in [2.75, 3.05) is 5.73 Å². The lowest BCUT2D eigenvalue weighted by molar-refractivity contribution is 0.577. The van der Waals surface area contributed by atoms with E-state index in [0.717, 1.165) is 17.6 Å². The van der Waals surface area contributed by atoms with Gasteiger partial charge in [0.25, 0.3) is 0 Å². The Hall–Kier alpha value is -2.37. The van der Waals surface area contributed by atoms with Gasteiger partial charge in [-0.25, -0.2) is 14.6 Å². The Morgan fingerprint density at radius 3 is 3.00 bits per heavy atom. The summed E-state index contributed by atoms with van der Waals surface area (Å²) < 4.78 is 7.04. The normalized spacial score (nSPS) is 11.1. The van der Waals surface area contributed by atoms with E-state index in [-0.39, 0.29) is 0 Å². The van der Waals surface area contributed by atoms with Crippen molar-refractivity contribution < 1.29 is 4.42 Å². The van der Waals surface area contributed by atoms with Crippen LogP contribution in [0.2, 0.25) is 0 Å². The first-order valence-electron chi connectivity index (χ1n) is 5.32. The zero-order valence-electron chi connectivity index (χ0n) is 9.29. The number of fused-ring (bicyclic) bond motifs is 1. The van der Waals surface area contributed by atoms with Gasteiger partial charge in [-0.1, -0.05) is 0 Å². The summed E-state index contributed by atoms with van der Waals surface area (Å²) in [5.74, 6) is 1.50. The van der Waals surface area contributed by atoms with E-state index in [9.17, 15) is 0 Å². The second-order valence-corrected chi connectivity index (χ2v) is 3.61. The number of hydrogen-bond donors (Lipinski definition) is 1. The van der Waals surface area contributed by atoms with E-state index in [1.807, 2.05) is 6.92 Å². The first kappa shape index (κ1) is 9.83. The molecule has 0 atom stereocenters. The molecule has 2 N–H and O–H groups in total. The van der Waals surface area contributed by atoms with Crippen molar-refractivity contribution in [3.05, 3.63) is 24.6 Å². The van der Waals surface area contributed by atoms with Crippen molar-refractivity contribution in [2.24, 2.45) is 0 Å². The van der Waals surface area contributed by atoms with Gasteiger partial charge in [-0.2, -0.15) is 5.10 Å². The third-order valence-electron chi connectivity index (χ3n) is 2.57. The summed E-state index contributed by atoms with van der Waals surface area (Å²) >= 11 is 0. The number of aryl methyl sites for hydroxylation is 1. The molecule has 0 radical (unpaired) electrons. The fourth-order valence-electron chi connectivity index (χ4n) is 1.72. The monoisotopic (exact) mass is 229 g/mol. The molecule has 17 heavy (non-hydrogen) atoms. The van der Waals surface area contributed by atoms with E-state index in [2.05, 4.69) is 15.1 Å². The number of nitrogens with two attached hydrogens (primary N) is 1. The molecular weight excluding hydrogens is 218 g/mol. The lowest BCUT2D eigenvalue weighted by Gasteiger charge is -2.01. The summed E-state index contributed by atoms with van der Waals surface area (Å²) in [6.45, 7) is 2.73. The van der Waals surface area contributed by atoms with Crippen molar-refractivity contribution >= 4 is 16.9 Å². The lowest BCUT2D eigenvalue weighted by Crippen LogP contribution is -2.01. The van der Waals surface area contributed by atoms with E-state index >= 15 is 0 Å². The molecule has 0 amide bonds. The Labute approximate surface area is 97.1 Å². The van der Waals surface area contributed by atoms with Gasteiger partial charge in [-0.05, 0) is 19.1 Å². The number of rotatable bonds is 2. The van der Waals surface area contributed by atoms with Crippen LogP contribution in [0.15, 0.2) is 29.0 Å². The van der Waals surface area contributed by atoms with Gasteiger partial charge in [-0.3, -0.25) is 0 Å². The largest absolute Gasteiger partial charge is 0.461 e. The number of hydrogen-bond acceptors (Lipinski definition) is 5. The molecule has 3 aromatic rings. The average molecular weight is 229 g/mol. The zero-order chi connectivity index (χ0) is 11.8. The van der Waals surface area contributed by atoms with Gasteiger partial charge in [0.1, 0.15) is 5.82 Å². The van der Waals surface area contributed by atoms with Gasteiger partial charge in [0.05, 0.1) is 17.8 Å². The smallest absolute Gasteiger partial charge is 0.199 e. The third kappa shape index (κ3) is 1.45. The van der Waals surface area contributed by atoms with Crippen LogP contribution in [0.25, 0.3) is 22.6 Å². The summed E-state index contributed by atoms with van der Waals surface area (Å²) in [4.78, 5) is 8.64. The minimum atomic E-state index is 0.418. The van der Waals surface area contributed by atoms with Crippen LogP contribution in [-0.2, 0) is 6.54 Å². The van der Waals surface area contributed by atoms with Gasteiger partial charge in [0.2, 0.25) is 0 Å². The highest BCUT2D eigenvalue weighted by Gasteiger charge is 2.12. The van der Waals surface area contributed by atoms with Gasteiger partial charge in [0.15, 0.2) is 17.2 Å². The SMILES string of the molecule is CCn1ncc2c(N)nc(-c3ccco3)nc21. The molecule has 3 heterocycles. The molecule has 0 aliphatic carbocycles. The molecule has 6 heteroatoms. The fourth-order valence-corrected chi connectivity index (χ4v) is 1.72. The number of nitrogens with zero attached hydrogens (tertiary/aromatic N) is 4. The summed E-state index contributed by atoms with van der Waals surface area (Å²) in [6, 6.07) is 3.59. The van der Waals surface area contributed by atoms with Gasteiger partial charge in [0, 0.05) is 6.54 Å². The zero-order valence-corrected chi connectivity index (χ0v) is 9.29. The van der Waals surface area contributed by atoms with Crippen LogP contribution in [0, 0.1) is 0 Å². The lowest BCUT2D eigenvalue weighted by atomic mass is 10.3. The third-order valence-corrected chi connectivity index (χ3v) is 2.57. The maximum atomic E-state index is 5.89. The highest BCUT2D eigenvalue weighted by atomic mass is 16.3. The summed E-state index contributed by atoms with van der Waals surface area (Å²) in [5.41, 5.74) is 6.61. The molecule has 0 fully saturated rings. The summed E-state index contributed by atoms with van der Waals surface area (Å²) in [5, 5.41) is 4.97. The summed E-state index contributed by atoms with van der Waals surface area (Å²) in [7, 11) is 0. The maximum absolute atomic E-state index is 5.89. The predicted octanol–water partition coefficient (Wildman–Crippen LogP) is 1.69. The molecule has 6 nitrogen and oxygen atoms in total. The summed E-state index contributed by atoms with van der Waals surface area (Å²) in [6.07, 6.45) is 3.26. The molecule has 0 aliphatic rings. The molecule has 3 aromatic heterocycles. The molecule has 0 saturated carbocycles. The van der Waals surface area contributed by atoms with Crippen LogP contribution in [-0.4, -0.2) is 19.7 Å². The van der Waals surface area contributed by atoms with Crippen LogP contribution in [0.1, 0.15) is 6.92 Å². The quantitative estimate of drug-likeness (QED) is 0.723. The average Bonchev–Trinajstić information content (AvgIpc) is 2.97. The Morgan fingerprint density at radius 2 is 2.29 bits per heavy atom. The molecule has 0 saturated heterocycles. The van der Waals surface area contributed by atoms with E-state index in [1.165, 1.54) is 0 Å². The van der Waals surface area contributed by atoms with Crippen molar-refractivity contribution in [3.8, 4) is 11.6 Å². The molecule has 0 bridgehead atoms. The van der Waals surface area contributed by atoms with Crippen LogP contribution in [0.3, 0.4) is 0 Å². The van der Waals surface area contributed by atoms with Crippen LogP contribution in [0.5, 0.6) is 0 Å². The minimum Gasteiger partial charge on any atom is -0.461 e. The van der Waals surface area contributed by atoms with E-state index < -0.39 is 0 Å². The Morgan fingerprint density at radius 1 is 1.41 bits per heavy atom. The standard InChI is InChI=1S/C11H11N5O/c1-2-16-11-7(6-13-16)9(12)14-10(15-11)8-4-3-5-17-8/h3-6H,2H2,1H3,(H2,12,14,15). The predicted molar refractivity (Wildman–Crippen MR) is 63.1 cm³/mol. The number of aromatic nitrogens is 4. The Balaban J connectivity index is 2.28. The highest BCUT2D eigenvalue weighted by Crippen LogP contribution is 2.22. The van der Waals surface area contributed by atoms with Crippen LogP contribution >= 0.6 is 0 Å². The van der Waals surface area contributed by atoms with E-state index in [4.69, 9.17) is 10.2 Å². The first-order chi connectivity index (χ1) is 8.29. The Bertz CT molecular complexity index is 656. The molecular formula is C11H11N5O. The minimum absolute atomic E-state index is 0.418. The first-order valence-corrected chi connectivity index (χ1v) is 5.32. The fraction of sp³-hybridized carbons (Fsp3) is 0.182. The van der Waals surface area contributed by atoms with Crippen molar-refractivity contribution in [2.45, 2.75) is 13.5 Å². The molecule has 3 rings (SSSR count).